The normalized spacial score (nSPS) is 16.0. The lowest BCUT2D eigenvalue weighted by Gasteiger charge is -2.24. The highest BCUT2D eigenvalue weighted by Crippen LogP contribution is 2.22. The Morgan fingerprint density at radius 3 is 2.40 bits per heavy atom. The first-order valence-electron chi connectivity index (χ1n) is 9.42. The van der Waals surface area contributed by atoms with Gasteiger partial charge in [0.1, 0.15) is 6.04 Å². The zero-order valence-corrected chi connectivity index (χ0v) is 18.7. The summed E-state index contributed by atoms with van der Waals surface area (Å²) in [6.45, 7) is 2.51. The number of benzene rings is 2. The lowest BCUT2D eigenvalue weighted by Crippen LogP contribution is -2.50. The molecular formula is C21H21BrN4O3S. The third-order valence-corrected chi connectivity index (χ3v) is 5.51. The van der Waals surface area contributed by atoms with E-state index in [0.29, 0.717) is 12.1 Å². The smallest absolute Gasteiger partial charge is 0.269 e. The highest BCUT2D eigenvalue weighted by Gasteiger charge is 2.44. The summed E-state index contributed by atoms with van der Waals surface area (Å²) in [4.78, 5) is 39.4. The summed E-state index contributed by atoms with van der Waals surface area (Å²) in [6.07, 6.45) is -0.112. The maximum Gasteiger partial charge on any atom is 0.269 e. The van der Waals surface area contributed by atoms with Gasteiger partial charge in [-0.2, -0.15) is 0 Å². The van der Waals surface area contributed by atoms with Gasteiger partial charge in [0.2, 0.25) is 5.91 Å². The van der Waals surface area contributed by atoms with Gasteiger partial charge in [-0.1, -0.05) is 46.3 Å². The van der Waals surface area contributed by atoms with E-state index in [0.717, 1.165) is 10.0 Å². The molecule has 0 bridgehead atoms. The Kier molecular flexibility index (Phi) is 7.17. The Hall–Kier alpha value is -2.78. The number of halogens is 1. The van der Waals surface area contributed by atoms with Crippen molar-refractivity contribution in [1.82, 2.24) is 20.7 Å². The number of hydrazine groups is 1. The number of rotatable bonds is 7. The standard InChI is InChI=1S/C21H21BrN4O3S/c1-2-23-18(27)12-17-20(29)25(13-14-6-4-3-5-7-14)21(30)26(17)24-19(28)15-8-10-16(22)11-9-15/h3-11,17H,2,12-13H2,1H3,(H,23,27)(H,24,28). The fourth-order valence-electron chi connectivity index (χ4n) is 3.08. The molecular weight excluding hydrogens is 468 g/mol. The van der Waals surface area contributed by atoms with Crippen molar-refractivity contribution < 1.29 is 14.4 Å². The van der Waals surface area contributed by atoms with Crippen LogP contribution in [0.25, 0.3) is 0 Å². The largest absolute Gasteiger partial charge is 0.356 e. The first kappa shape index (κ1) is 21.9. The number of carbonyl (C=O) groups is 3. The minimum atomic E-state index is -0.910. The summed E-state index contributed by atoms with van der Waals surface area (Å²) in [5.41, 5.74) is 4.01. The highest BCUT2D eigenvalue weighted by atomic mass is 79.9. The Morgan fingerprint density at radius 2 is 1.77 bits per heavy atom. The molecule has 30 heavy (non-hydrogen) atoms. The minimum absolute atomic E-state index is 0.112. The number of hydrogen-bond donors (Lipinski definition) is 2. The first-order chi connectivity index (χ1) is 14.4. The third kappa shape index (κ3) is 5.03. The summed E-state index contributed by atoms with van der Waals surface area (Å²) in [5.74, 6) is -1.03. The fraction of sp³-hybridized carbons (Fsp3) is 0.238. The van der Waals surface area contributed by atoms with Crippen molar-refractivity contribution in [2.75, 3.05) is 6.54 Å². The number of nitrogens with zero attached hydrogens (tertiary/aromatic N) is 2. The average molecular weight is 489 g/mol. The summed E-state index contributed by atoms with van der Waals surface area (Å²) in [7, 11) is 0. The molecule has 156 valence electrons. The predicted molar refractivity (Wildman–Crippen MR) is 120 cm³/mol. The fourth-order valence-corrected chi connectivity index (χ4v) is 3.68. The molecule has 2 N–H and O–H groups in total. The van der Waals surface area contributed by atoms with Gasteiger partial charge in [-0.15, -0.1) is 0 Å². The molecule has 1 aliphatic heterocycles. The van der Waals surface area contributed by atoms with Crippen molar-refractivity contribution in [3.8, 4) is 0 Å². The van der Waals surface area contributed by atoms with E-state index in [4.69, 9.17) is 12.2 Å². The van der Waals surface area contributed by atoms with Gasteiger partial charge in [-0.3, -0.25) is 24.7 Å². The van der Waals surface area contributed by atoms with E-state index in [-0.39, 0.29) is 29.9 Å². The monoisotopic (exact) mass is 488 g/mol. The summed E-state index contributed by atoms with van der Waals surface area (Å²) >= 11 is 8.83. The van der Waals surface area contributed by atoms with Gasteiger partial charge in [0, 0.05) is 16.6 Å². The van der Waals surface area contributed by atoms with Gasteiger partial charge in [0.25, 0.3) is 11.8 Å². The van der Waals surface area contributed by atoms with Crippen LogP contribution in [0.3, 0.4) is 0 Å². The van der Waals surface area contributed by atoms with E-state index in [1.165, 1.54) is 9.91 Å². The molecule has 1 heterocycles. The van der Waals surface area contributed by atoms with Crippen molar-refractivity contribution in [3.05, 3.63) is 70.2 Å². The van der Waals surface area contributed by atoms with Gasteiger partial charge < -0.3 is 5.32 Å². The molecule has 7 nitrogen and oxygen atoms in total. The second kappa shape index (κ2) is 9.82. The van der Waals surface area contributed by atoms with Crippen LogP contribution in [-0.4, -0.2) is 45.3 Å². The molecule has 0 saturated carbocycles. The van der Waals surface area contributed by atoms with Crippen molar-refractivity contribution in [2.24, 2.45) is 0 Å². The van der Waals surface area contributed by atoms with Crippen molar-refractivity contribution >= 4 is 51.0 Å². The molecule has 3 rings (SSSR count). The summed E-state index contributed by atoms with van der Waals surface area (Å²) < 4.78 is 0.842. The van der Waals surface area contributed by atoms with Crippen LogP contribution >= 0.6 is 28.1 Å². The Bertz CT molecular complexity index is 952. The lowest BCUT2D eigenvalue weighted by atomic mass is 10.1. The van der Waals surface area contributed by atoms with Crippen LogP contribution in [0.2, 0.25) is 0 Å². The second-order valence-corrected chi connectivity index (χ2v) is 7.96. The minimum Gasteiger partial charge on any atom is -0.356 e. The molecule has 9 heteroatoms. The highest BCUT2D eigenvalue weighted by molar-refractivity contribution is 9.10. The van der Waals surface area contributed by atoms with E-state index in [1.54, 1.807) is 31.2 Å². The lowest BCUT2D eigenvalue weighted by molar-refractivity contribution is -0.132. The van der Waals surface area contributed by atoms with E-state index in [2.05, 4.69) is 26.7 Å². The van der Waals surface area contributed by atoms with Gasteiger partial charge >= 0.3 is 0 Å². The van der Waals surface area contributed by atoms with Crippen LogP contribution in [0, 0.1) is 0 Å². The van der Waals surface area contributed by atoms with Gasteiger partial charge in [-0.25, -0.2) is 5.01 Å². The average Bonchev–Trinajstić information content (AvgIpc) is 2.94. The Balaban J connectivity index is 1.83. The first-order valence-corrected chi connectivity index (χ1v) is 10.6. The SMILES string of the molecule is CCNC(=O)CC1C(=O)N(Cc2ccccc2)C(=S)N1NC(=O)c1ccc(Br)cc1. The second-order valence-electron chi connectivity index (χ2n) is 6.68. The quantitative estimate of drug-likeness (QED) is 0.585. The van der Waals surface area contributed by atoms with Crippen LogP contribution in [0.15, 0.2) is 59.1 Å². The van der Waals surface area contributed by atoms with Crippen LogP contribution in [-0.2, 0) is 16.1 Å². The molecule has 2 aromatic carbocycles. The number of carbonyl (C=O) groups excluding carboxylic acids is 3. The van der Waals surface area contributed by atoms with Gasteiger partial charge in [-0.05, 0) is 49.0 Å². The van der Waals surface area contributed by atoms with E-state index in [9.17, 15) is 14.4 Å². The third-order valence-electron chi connectivity index (χ3n) is 4.56. The van der Waals surface area contributed by atoms with Crippen LogP contribution < -0.4 is 10.7 Å². The topological polar surface area (TPSA) is 81.8 Å². The number of amides is 3. The number of nitrogens with one attached hydrogen (secondary N) is 2. The predicted octanol–water partition coefficient (Wildman–Crippen LogP) is 2.62. The Labute approximate surface area is 188 Å². The van der Waals surface area contributed by atoms with Crippen molar-refractivity contribution in [2.45, 2.75) is 25.9 Å². The molecule has 0 aliphatic carbocycles. The molecule has 1 aliphatic rings. The van der Waals surface area contributed by atoms with Crippen LogP contribution in [0.5, 0.6) is 0 Å². The molecule has 0 spiro atoms. The zero-order chi connectivity index (χ0) is 21.7. The molecule has 1 fully saturated rings. The molecule has 0 aromatic heterocycles. The summed E-state index contributed by atoms with van der Waals surface area (Å²) in [6, 6.07) is 15.3. The molecule has 3 amide bonds. The van der Waals surface area contributed by atoms with Crippen molar-refractivity contribution in [3.63, 3.8) is 0 Å². The Morgan fingerprint density at radius 1 is 1.10 bits per heavy atom. The molecule has 1 atom stereocenters. The van der Waals surface area contributed by atoms with E-state index < -0.39 is 11.9 Å². The van der Waals surface area contributed by atoms with E-state index in [1.807, 2.05) is 30.3 Å². The van der Waals surface area contributed by atoms with E-state index >= 15 is 0 Å². The summed E-state index contributed by atoms with van der Waals surface area (Å²) in [5, 5.41) is 4.16. The maximum absolute atomic E-state index is 13.1. The molecule has 2 aromatic rings. The van der Waals surface area contributed by atoms with Crippen molar-refractivity contribution in [1.29, 1.82) is 0 Å². The zero-order valence-electron chi connectivity index (χ0n) is 16.3. The van der Waals surface area contributed by atoms with Gasteiger partial charge in [0.05, 0.1) is 13.0 Å². The number of hydrogen-bond acceptors (Lipinski definition) is 4. The molecule has 0 radical (unpaired) electrons. The van der Waals surface area contributed by atoms with Crippen LogP contribution in [0.4, 0.5) is 0 Å². The van der Waals surface area contributed by atoms with Crippen LogP contribution in [0.1, 0.15) is 29.3 Å². The maximum atomic E-state index is 13.1. The molecule has 1 saturated heterocycles. The molecule has 1 unspecified atom stereocenters. The van der Waals surface area contributed by atoms with Gasteiger partial charge in [0.15, 0.2) is 5.11 Å². The number of thiocarbonyl (C=S) groups is 1.